The molecule has 0 aliphatic carbocycles. The molecule has 0 saturated heterocycles. The lowest BCUT2D eigenvalue weighted by Crippen LogP contribution is -2.51. The Morgan fingerprint density at radius 1 is 1.35 bits per heavy atom. The van der Waals surface area contributed by atoms with E-state index < -0.39 is 5.60 Å². The molecule has 0 aliphatic rings. The van der Waals surface area contributed by atoms with E-state index in [1.54, 1.807) is 38.1 Å². The van der Waals surface area contributed by atoms with Crippen LogP contribution in [0, 0.1) is 18.3 Å². The van der Waals surface area contributed by atoms with Crippen molar-refractivity contribution in [1.29, 1.82) is 0 Å². The van der Waals surface area contributed by atoms with Crippen LogP contribution in [-0.2, 0) is 4.79 Å². The van der Waals surface area contributed by atoms with Gasteiger partial charge < -0.3 is 10.1 Å². The molecule has 3 nitrogen and oxygen atoms in total. The van der Waals surface area contributed by atoms with Gasteiger partial charge in [0.05, 0.1) is 6.04 Å². The molecule has 0 aromatic heterocycles. The van der Waals surface area contributed by atoms with Crippen LogP contribution in [0.4, 0.5) is 0 Å². The Hall–Kier alpha value is -1.66. The van der Waals surface area contributed by atoms with E-state index in [1.807, 2.05) is 13.8 Å². The van der Waals surface area contributed by atoms with Gasteiger partial charge in [-0.25, -0.2) is 0 Å². The molecule has 108 valence electrons. The van der Waals surface area contributed by atoms with Gasteiger partial charge in [-0.3, -0.25) is 4.79 Å². The van der Waals surface area contributed by atoms with Crippen LogP contribution in [0.5, 0.6) is 5.75 Å². The third kappa shape index (κ3) is 4.47. The number of ether oxygens (including phenoxy) is 1. The van der Waals surface area contributed by atoms with Crippen molar-refractivity contribution < 1.29 is 9.53 Å². The minimum Gasteiger partial charge on any atom is -0.478 e. The number of carbonyl (C=O) groups is 1. The van der Waals surface area contributed by atoms with Crippen molar-refractivity contribution in [2.45, 2.75) is 39.3 Å². The fraction of sp³-hybridized carbons (Fsp3) is 0.438. The van der Waals surface area contributed by atoms with Gasteiger partial charge in [-0.1, -0.05) is 31.4 Å². The number of nitrogens with one attached hydrogen (secondary N) is 1. The number of halogens is 1. The average Bonchev–Trinajstić information content (AvgIpc) is 2.37. The fourth-order valence-electron chi connectivity index (χ4n) is 1.56. The van der Waals surface area contributed by atoms with Gasteiger partial charge in [0.15, 0.2) is 5.60 Å². The van der Waals surface area contributed by atoms with Crippen molar-refractivity contribution >= 4 is 17.5 Å². The van der Waals surface area contributed by atoms with Crippen molar-refractivity contribution in [2.75, 3.05) is 0 Å². The molecule has 0 spiro atoms. The van der Waals surface area contributed by atoms with Crippen LogP contribution in [0.2, 0.25) is 5.02 Å². The van der Waals surface area contributed by atoms with Gasteiger partial charge in [0.25, 0.3) is 5.91 Å². The number of terminal acetylenes is 1. The molecule has 0 unspecified atom stereocenters. The summed E-state index contributed by atoms with van der Waals surface area (Å²) >= 11 is 5.81. The first-order valence-electron chi connectivity index (χ1n) is 6.48. The van der Waals surface area contributed by atoms with Crippen molar-refractivity contribution in [2.24, 2.45) is 5.92 Å². The van der Waals surface area contributed by atoms with Crippen LogP contribution in [0.15, 0.2) is 24.3 Å². The summed E-state index contributed by atoms with van der Waals surface area (Å²) in [5.41, 5.74) is -1.02. The third-order valence-electron chi connectivity index (χ3n) is 2.87. The Balaban J connectivity index is 2.75. The van der Waals surface area contributed by atoms with Gasteiger partial charge in [-0.15, -0.1) is 6.42 Å². The number of hydrogen-bond acceptors (Lipinski definition) is 2. The van der Waals surface area contributed by atoms with Crippen molar-refractivity contribution in [1.82, 2.24) is 5.32 Å². The third-order valence-corrected chi connectivity index (χ3v) is 3.12. The van der Waals surface area contributed by atoms with Crippen LogP contribution in [0.1, 0.15) is 27.7 Å². The summed E-state index contributed by atoms with van der Waals surface area (Å²) in [6.45, 7) is 7.31. The summed E-state index contributed by atoms with van der Waals surface area (Å²) in [4.78, 5) is 12.3. The molecule has 1 aromatic carbocycles. The van der Waals surface area contributed by atoms with Crippen molar-refractivity contribution in [3.63, 3.8) is 0 Å². The Bertz CT molecular complexity index is 500. The predicted molar refractivity (Wildman–Crippen MR) is 81.8 cm³/mol. The van der Waals surface area contributed by atoms with Gasteiger partial charge in [0.2, 0.25) is 0 Å². The van der Waals surface area contributed by atoms with Gasteiger partial charge in [-0.2, -0.15) is 0 Å². The summed E-state index contributed by atoms with van der Waals surface area (Å²) in [5.74, 6) is 3.07. The van der Waals surface area contributed by atoms with Gasteiger partial charge in [0, 0.05) is 5.02 Å². The van der Waals surface area contributed by atoms with E-state index in [0.29, 0.717) is 10.8 Å². The largest absolute Gasteiger partial charge is 0.478 e. The lowest BCUT2D eigenvalue weighted by molar-refractivity contribution is -0.134. The minimum atomic E-state index is -1.02. The summed E-state index contributed by atoms with van der Waals surface area (Å²) in [6.07, 6.45) is 5.41. The molecule has 20 heavy (non-hydrogen) atoms. The average molecular weight is 294 g/mol. The SMILES string of the molecule is C#C[C@H](NC(=O)C(C)(C)Oc1ccc(Cl)cc1)C(C)C. The number of hydrogen-bond donors (Lipinski definition) is 1. The van der Waals surface area contributed by atoms with E-state index in [-0.39, 0.29) is 17.9 Å². The summed E-state index contributed by atoms with van der Waals surface area (Å²) in [6, 6.07) is 6.55. The highest BCUT2D eigenvalue weighted by Gasteiger charge is 2.31. The second kappa shape index (κ2) is 6.67. The summed E-state index contributed by atoms with van der Waals surface area (Å²) in [7, 11) is 0. The van der Waals surface area contributed by atoms with Crippen LogP contribution in [0.25, 0.3) is 0 Å². The lowest BCUT2D eigenvalue weighted by atomic mass is 10.0. The number of rotatable bonds is 5. The molecule has 0 aliphatic heterocycles. The second-order valence-corrected chi connectivity index (χ2v) is 5.86. The first-order valence-corrected chi connectivity index (χ1v) is 6.85. The van der Waals surface area contributed by atoms with Gasteiger partial charge in [0.1, 0.15) is 5.75 Å². The highest BCUT2D eigenvalue weighted by molar-refractivity contribution is 6.30. The molecule has 1 amide bonds. The zero-order chi connectivity index (χ0) is 15.3. The van der Waals surface area contributed by atoms with Crippen LogP contribution in [-0.4, -0.2) is 17.6 Å². The van der Waals surface area contributed by atoms with Crippen LogP contribution >= 0.6 is 11.6 Å². The predicted octanol–water partition coefficient (Wildman–Crippen LogP) is 3.27. The zero-order valence-electron chi connectivity index (χ0n) is 12.2. The van der Waals surface area contributed by atoms with Crippen molar-refractivity contribution in [3.05, 3.63) is 29.3 Å². The second-order valence-electron chi connectivity index (χ2n) is 5.43. The molecule has 1 N–H and O–H groups in total. The molecule has 1 aromatic rings. The van der Waals surface area contributed by atoms with E-state index in [9.17, 15) is 4.79 Å². The minimum absolute atomic E-state index is 0.162. The highest BCUT2D eigenvalue weighted by atomic mass is 35.5. The molecular formula is C16H20ClNO2. The molecular weight excluding hydrogens is 274 g/mol. The van der Waals surface area contributed by atoms with Crippen molar-refractivity contribution in [3.8, 4) is 18.1 Å². The maximum atomic E-state index is 12.3. The summed E-state index contributed by atoms with van der Waals surface area (Å²) < 4.78 is 5.70. The first-order chi connectivity index (χ1) is 9.26. The molecule has 1 atom stereocenters. The maximum absolute atomic E-state index is 12.3. The van der Waals surface area contributed by atoms with Crippen LogP contribution < -0.4 is 10.1 Å². The Labute approximate surface area is 125 Å². The van der Waals surface area contributed by atoms with E-state index in [0.717, 1.165) is 0 Å². The highest BCUT2D eigenvalue weighted by Crippen LogP contribution is 2.21. The fourth-order valence-corrected chi connectivity index (χ4v) is 1.69. The normalized spacial score (nSPS) is 12.7. The van der Waals surface area contributed by atoms with E-state index in [2.05, 4.69) is 11.2 Å². The van der Waals surface area contributed by atoms with Gasteiger partial charge >= 0.3 is 0 Å². The number of benzene rings is 1. The standard InChI is InChI=1S/C16H20ClNO2/c1-6-14(11(2)3)18-15(19)16(4,5)20-13-9-7-12(17)8-10-13/h1,7-11,14H,2-5H3,(H,18,19)/t14-/m0/s1. The quantitative estimate of drug-likeness (QED) is 0.846. The number of carbonyl (C=O) groups excluding carboxylic acids is 1. The summed E-state index contributed by atoms with van der Waals surface area (Å²) in [5, 5.41) is 3.43. The molecule has 0 saturated carbocycles. The molecule has 0 radical (unpaired) electrons. The lowest BCUT2D eigenvalue weighted by Gasteiger charge is -2.28. The van der Waals surface area contributed by atoms with Gasteiger partial charge in [-0.05, 0) is 44.0 Å². The molecule has 1 rings (SSSR count). The number of amides is 1. The Kier molecular flexibility index (Phi) is 5.47. The smallest absolute Gasteiger partial charge is 0.264 e. The Morgan fingerprint density at radius 2 is 1.90 bits per heavy atom. The Morgan fingerprint density at radius 3 is 2.35 bits per heavy atom. The first kappa shape index (κ1) is 16.4. The van der Waals surface area contributed by atoms with E-state index >= 15 is 0 Å². The molecule has 0 bridgehead atoms. The zero-order valence-corrected chi connectivity index (χ0v) is 13.0. The molecule has 4 heteroatoms. The molecule has 0 heterocycles. The van der Waals surface area contributed by atoms with E-state index in [4.69, 9.17) is 22.8 Å². The van der Waals surface area contributed by atoms with Crippen LogP contribution in [0.3, 0.4) is 0 Å². The molecule has 0 fully saturated rings. The topological polar surface area (TPSA) is 38.3 Å². The van der Waals surface area contributed by atoms with E-state index in [1.165, 1.54) is 0 Å². The maximum Gasteiger partial charge on any atom is 0.264 e. The monoisotopic (exact) mass is 293 g/mol.